The smallest absolute Gasteiger partial charge is 0.336 e. The van der Waals surface area contributed by atoms with Crippen LogP contribution in [-0.4, -0.2) is 47.6 Å². The summed E-state index contributed by atoms with van der Waals surface area (Å²) in [5.74, 6) is -1.03. The normalized spacial score (nSPS) is 13.6. The largest absolute Gasteiger partial charge is 0.408 e. The van der Waals surface area contributed by atoms with E-state index in [2.05, 4.69) is 35.7 Å². The summed E-state index contributed by atoms with van der Waals surface area (Å²) < 4.78 is 39.3. The van der Waals surface area contributed by atoms with Gasteiger partial charge in [-0.3, -0.25) is 14.3 Å². The first kappa shape index (κ1) is 22.3. The van der Waals surface area contributed by atoms with E-state index in [1.807, 2.05) is 0 Å². The standard InChI is InChI=1S/C20H19F3N8O2/c1-2-15(32)17-14(8-27-31(17)9-20(21,22)23)30-19(33)16-18(28-12-5-24-10-25-6-12)26-7-13(29-16)11-3-4-11/h5-8,10-11H,2-4,9H2,1H3,(H,26,28)(H,30,33). The summed E-state index contributed by atoms with van der Waals surface area (Å²) in [4.78, 5) is 42.0. The number of nitrogens with zero attached hydrogens (tertiary/aromatic N) is 6. The molecule has 1 saturated carbocycles. The molecule has 1 fully saturated rings. The van der Waals surface area contributed by atoms with E-state index in [0.717, 1.165) is 19.0 Å². The van der Waals surface area contributed by atoms with Gasteiger partial charge >= 0.3 is 6.18 Å². The molecular weight excluding hydrogens is 441 g/mol. The Bertz CT molecular complexity index is 1180. The summed E-state index contributed by atoms with van der Waals surface area (Å²) in [6.45, 7) is 0.0507. The topological polar surface area (TPSA) is 128 Å². The van der Waals surface area contributed by atoms with Crippen LogP contribution in [0.4, 0.5) is 30.4 Å². The van der Waals surface area contributed by atoms with E-state index in [-0.39, 0.29) is 35.2 Å². The van der Waals surface area contributed by atoms with Gasteiger partial charge in [-0.2, -0.15) is 18.3 Å². The maximum atomic E-state index is 13.1. The molecule has 1 aliphatic rings. The molecule has 3 heterocycles. The van der Waals surface area contributed by atoms with Crippen LogP contribution in [0.1, 0.15) is 58.8 Å². The van der Waals surface area contributed by atoms with Crippen LogP contribution in [0.3, 0.4) is 0 Å². The van der Waals surface area contributed by atoms with Crippen LogP contribution in [-0.2, 0) is 6.54 Å². The molecule has 0 atom stereocenters. The Labute approximate surface area is 185 Å². The zero-order valence-corrected chi connectivity index (χ0v) is 17.4. The lowest BCUT2D eigenvalue weighted by atomic mass is 10.2. The van der Waals surface area contributed by atoms with Crippen molar-refractivity contribution in [2.24, 2.45) is 0 Å². The molecule has 3 aromatic rings. The predicted octanol–water partition coefficient (Wildman–Crippen LogP) is 3.49. The van der Waals surface area contributed by atoms with Crippen LogP contribution in [0.25, 0.3) is 0 Å². The molecule has 0 aliphatic heterocycles. The maximum Gasteiger partial charge on any atom is 0.408 e. The minimum Gasteiger partial charge on any atom is -0.336 e. The number of amides is 1. The van der Waals surface area contributed by atoms with Crippen LogP contribution in [0.5, 0.6) is 0 Å². The molecule has 0 unspecified atom stereocenters. The van der Waals surface area contributed by atoms with Crippen LogP contribution in [0.2, 0.25) is 0 Å². The van der Waals surface area contributed by atoms with Crippen molar-refractivity contribution in [3.8, 4) is 0 Å². The zero-order valence-electron chi connectivity index (χ0n) is 17.4. The molecule has 0 bridgehead atoms. The SMILES string of the molecule is CCC(=O)c1c(NC(=O)c2nc(C3CC3)cnc2Nc2cncnc2)cnn1CC(F)(F)F. The molecule has 0 saturated heterocycles. The highest BCUT2D eigenvalue weighted by Crippen LogP contribution is 2.39. The molecule has 2 N–H and O–H groups in total. The number of hydrogen-bond donors (Lipinski definition) is 2. The summed E-state index contributed by atoms with van der Waals surface area (Å²) in [7, 11) is 0. The van der Waals surface area contributed by atoms with E-state index in [1.54, 1.807) is 6.20 Å². The van der Waals surface area contributed by atoms with Crippen molar-refractivity contribution in [3.63, 3.8) is 0 Å². The maximum absolute atomic E-state index is 13.1. The molecule has 1 amide bonds. The highest BCUT2D eigenvalue weighted by molar-refractivity contribution is 6.10. The van der Waals surface area contributed by atoms with E-state index in [1.165, 1.54) is 25.6 Å². The molecule has 3 aromatic heterocycles. The average molecular weight is 460 g/mol. The van der Waals surface area contributed by atoms with Crippen molar-refractivity contribution in [1.29, 1.82) is 0 Å². The molecule has 4 rings (SSSR count). The van der Waals surface area contributed by atoms with Crippen molar-refractivity contribution in [3.05, 3.63) is 48.2 Å². The van der Waals surface area contributed by atoms with Gasteiger partial charge in [-0.15, -0.1) is 0 Å². The third-order valence-corrected chi connectivity index (χ3v) is 4.83. The summed E-state index contributed by atoms with van der Waals surface area (Å²) in [5, 5.41) is 9.05. The molecule has 33 heavy (non-hydrogen) atoms. The predicted molar refractivity (Wildman–Crippen MR) is 110 cm³/mol. The molecular formula is C20H19F3N8O2. The Kier molecular flexibility index (Phi) is 6.03. The minimum absolute atomic E-state index is 0.0653. The summed E-state index contributed by atoms with van der Waals surface area (Å²) in [5.41, 5.74) is 0.540. The number of nitrogens with one attached hydrogen (secondary N) is 2. The van der Waals surface area contributed by atoms with Gasteiger partial charge in [-0.25, -0.2) is 19.9 Å². The second-order valence-corrected chi connectivity index (χ2v) is 7.43. The molecule has 0 spiro atoms. The average Bonchev–Trinajstić information content (AvgIpc) is 3.56. The van der Waals surface area contributed by atoms with Crippen molar-refractivity contribution in [2.75, 3.05) is 10.6 Å². The van der Waals surface area contributed by atoms with Crippen LogP contribution >= 0.6 is 0 Å². The third kappa shape index (κ3) is 5.30. The van der Waals surface area contributed by atoms with Crippen LogP contribution < -0.4 is 10.6 Å². The van der Waals surface area contributed by atoms with E-state index >= 15 is 0 Å². The Hall–Kier alpha value is -3.90. The number of hydrogen-bond acceptors (Lipinski definition) is 8. The summed E-state index contributed by atoms with van der Waals surface area (Å²) in [6, 6.07) is 0. The zero-order chi connectivity index (χ0) is 23.6. The highest BCUT2D eigenvalue weighted by atomic mass is 19.4. The van der Waals surface area contributed by atoms with Gasteiger partial charge in [0.15, 0.2) is 17.3 Å². The molecule has 0 radical (unpaired) electrons. The Morgan fingerprint density at radius 3 is 2.52 bits per heavy atom. The van der Waals surface area contributed by atoms with Gasteiger partial charge in [-0.05, 0) is 12.8 Å². The number of anilines is 3. The second kappa shape index (κ2) is 8.92. The number of alkyl halides is 3. The second-order valence-electron chi connectivity index (χ2n) is 7.43. The van der Waals surface area contributed by atoms with Crippen LogP contribution in [0, 0.1) is 0 Å². The fraction of sp³-hybridized carbons (Fsp3) is 0.350. The van der Waals surface area contributed by atoms with Gasteiger partial charge in [0.25, 0.3) is 5.91 Å². The minimum atomic E-state index is -4.59. The van der Waals surface area contributed by atoms with E-state index < -0.39 is 24.4 Å². The lowest BCUT2D eigenvalue weighted by Crippen LogP contribution is -2.23. The lowest BCUT2D eigenvalue weighted by molar-refractivity contribution is -0.142. The van der Waals surface area contributed by atoms with Gasteiger partial charge in [0.2, 0.25) is 0 Å². The molecule has 1 aliphatic carbocycles. The Morgan fingerprint density at radius 1 is 1.15 bits per heavy atom. The van der Waals surface area contributed by atoms with Gasteiger partial charge in [-0.1, -0.05) is 6.92 Å². The quantitative estimate of drug-likeness (QED) is 0.489. The summed E-state index contributed by atoms with van der Waals surface area (Å²) in [6.07, 6.45) is 4.07. The Morgan fingerprint density at radius 2 is 1.88 bits per heavy atom. The van der Waals surface area contributed by atoms with Gasteiger partial charge < -0.3 is 10.6 Å². The molecule has 13 heteroatoms. The lowest BCUT2D eigenvalue weighted by Gasteiger charge is -2.13. The first-order valence-electron chi connectivity index (χ1n) is 10.1. The first-order chi connectivity index (χ1) is 15.7. The number of Topliss-reactive ketones (excluding diaryl/α,β-unsaturated/α-hetero) is 1. The first-order valence-corrected chi connectivity index (χ1v) is 10.1. The number of ketones is 1. The number of carbonyl (C=O) groups excluding carboxylic acids is 2. The van der Waals surface area contributed by atoms with Gasteiger partial charge in [0.1, 0.15) is 18.6 Å². The van der Waals surface area contributed by atoms with Crippen molar-refractivity contribution < 1.29 is 22.8 Å². The fourth-order valence-electron chi connectivity index (χ4n) is 3.14. The third-order valence-electron chi connectivity index (χ3n) is 4.83. The van der Waals surface area contributed by atoms with Crippen molar-refractivity contribution >= 4 is 28.9 Å². The Balaban J connectivity index is 1.66. The van der Waals surface area contributed by atoms with E-state index in [9.17, 15) is 22.8 Å². The number of rotatable bonds is 8. The highest BCUT2D eigenvalue weighted by Gasteiger charge is 2.32. The van der Waals surface area contributed by atoms with E-state index in [4.69, 9.17) is 0 Å². The van der Waals surface area contributed by atoms with Gasteiger partial charge in [0, 0.05) is 12.3 Å². The number of aromatic nitrogens is 6. The monoisotopic (exact) mass is 460 g/mol. The van der Waals surface area contributed by atoms with Crippen LogP contribution in [0.15, 0.2) is 31.1 Å². The number of halogens is 3. The molecule has 0 aromatic carbocycles. The fourth-order valence-corrected chi connectivity index (χ4v) is 3.14. The van der Waals surface area contributed by atoms with E-state index in [0.29, 0.717) is 16.1 Å². The molecule has 172 valence electrons. The van der Waals surface area contributed by atoms with Crippen molar-refractivity contribution in [2.45, 2.75) is 44.8 Å². The van der Waals surface area contributed by atoms with Gasteiger partial charge in [0.05, 0.1) is 41.9 Å². The summed E-state index contributed by atoms with van der Waals surface area (Å²) >= 11 is 0. The van der Waals surface area contributed by atoms with Crippen molar-refractivity contribution in [1.82, 2.24) is 29.7 Å². The molecule has 10 nitrogen and oxygen atoms in total. The number of carbonyl (C=O) groups is 2.